The number of hydrogen-bond acceptors (Lipinski definition) is 2. The Hall–Kier alpha value is -0.370. The van der Waals surface area contributed by atoms with Crippen LogP contribution in [0.2, 0.25) is 0 Å². The van der Waals surface area contributed by atoms with Crippen molar-refractivity contribution in [3.8, 4) is 0 Å². The standard InChI is InChI=1S/C11H19NO/c13-11(9-5-4-6-9)10-7-2-1-3-8-12-10/h9-10,12H,1-8H2. The Balaban J connectivity index is 1.85. The van der Waals surface area contributed by atoms with Gasteiger partial charge in [0.15, 0.2) is 5.78 Å². The third-order valence-corrected chi connectivity index (χ3v) is 3.41. The summed E-state index contributed by atoms with van der Waals surface area (Å²) in [6.45, 7) is 1.04. The summed E-state index contributed by atoms with van der Waals surface area (Å²) in [4.78, 5) is 11.9. The van der Waals surface area contributed by atoms with Crippen LogP contribution in [0, 0.1) is 5.92 Å². The maximum atomic E-state index is 11.9. The normalized spacial score (nSPS) is 30.6. The molecule has 1 N–H and O–H groups in total. The lowest BCUT2D eigenvalue weighted by Gasteiger charge is -2.28. The average Bonchev–Trinajstić information content (AvgIpc) is 2.27. The van der Waals surface area contributed by atoms with E-state index in [-0.39, 0.29) is 6.04 Å². The number of rotatable bonds is 2. The van der Waals surface area contributed by atoms with Crippen LogP contribution in [0.5, 0.6) is 0 Å². The molecule has 0 amide bonds. The maximum Gasteiger partial charge on any atom is 0.152 e. The van der Waals surface area contributed by atoms with Crippen LogP contribution in [0.1, 0.15) is 44.9 Å². The van der Waals surface area contributed by atoms with Crippen molar-refractivity contribution in [2.24, 2.45) is 5.92 Å². The van der Waals surface area contributed by atoms with Crippen molar-refractivity contribution in [2.75, 3.05) is 6.54 Å². The van der Waals surface area contributed by atoms with E-state index in [1.54, 1.807) is 0 Å². The second kappa shape index (κ2) is 4.23. The predicted octanol–water partition coefficient (Wildman–Crippen LogP) is 1.89. The van der Waals surface area contributed by atoms with Gasteiger partial charge in [0.1, 0.15) is 0 Å². The number of ketones is 1. The van der Waals surface area contributed by atoms with Gasteiger partial charge >= 0.3 is 0 Å². The van der Waals surface area contributed by atoms with E-state index in [4.69, 9.17) is 0 Å². The fourth-order valence-electron chi connectivity index (χ4n) is 2.25. The minimum atomic E-state index is 0.202. The summed E-state index contributed by atoms with van der Waals surface area (Å²) in [5, 5.41) is 3.38. The summed E-state index contributed by atoms with van der Waals surface area (Å²) in [6.07, 6.45) is 8.42. The van der Waals surface area contributed by atoms with Gasteiger partial charge in [-0.15, -0.1) is 0 Å². The van der Waals surface area contributed by atoms with Crippen LogP contribution in [0.15, 0.2) is 0 Å². The molecule has 0 aromatic carbocycles. The monoisotopic (exact) mass is 181 g/mol. The van der Waals surface area contributed by atoms with Crippen molar-refractivity contribution in [1.29, 1.82) is 0 Å². The zero-order chi connectivity index (χ0) is 9.10. The Morgan fingerprint density at radius 2 is 1.85 bits per heavy atom. The quantitative estimate of drug-likeness (QED) is 0.705. The topological polar surface area (TPSA) is 29.1 Å². The molecule has 1 saturated heterocycles. The number of carbonyl (C=O) groups is 1. The maximum absolute atomic E-state index is 11.9. The molecule has 0 radical (unpaired) electrons. The highest BCUT2D eigenvalue weighted by atomic mass is 16.1. The molecule has 1 heterocycles. The molecule has 1 saturated carbocycles. The van der Waals surface area contributed by atoms with Crippen molar-refractivity contribution >= 4 is 5.78 Å². The molecule has 1 aliphatic carbocycles. The van der Waals surface area contributed by atoms with Gasteiger partial charge in [-0.05, 0) is 32.2 Å². The first-order chi connectivity index (χ1) is 6.38. The molecule has 0 spiro atoms. The Kier molecular flexibility index (Phi) is 2.99. The zero-order valence-electron chi connectivity index (χ0n) is 8.22. The molecule has 1 aliphatic heterocycles. The Bertz CT molecular complexity index is 179. The molecule has 13 heavy (non-hydrogen) atoms. The van der Waals surface area contributed by atoms with E-state index in [1.807, 2.05) is 0 Å². The first kappa shape index (κ1) is 9.20. The van der Waals surface area contributed by atoms with Crippen molar-refractivity contribution in [2.45, 2.75) is 51.0 Å². The van der Waals surface area contributed by atoms with Gasteiger partial charge in [0.25, 0.3) is 0 Å². The van der Waals surface area contributed by atoms with Crippen LogP contribution in [-0.2, 0) is 4.79 Å². The van der Waals surface area contributed by atoms with E-state index >= 15 is 0 Å². The van der Waals surface area contributed by atoms with Crippen LogP contribution in [-0.4, -0.2) is 18.4 Å². The highest BCUT2D eigenvalue weighted by Crippen LogP contribution is 2.29. The lowest BCUT2D eigenvalue weighted by Crippen LogP contribution is -2.41. The van der Waals surface area contributed by atoms with E-state index < -0.39 is 0 Å². The van der Waals surface area contributed by atoms with Gasteiger partial charge in [-0.25, -0.2) is 0 Å². The Labute approximate surface area is 80.1 Å². The number of nitrogens with one attached hydrogen (secondary N) is 1. The fourth-order valence-corrected chi connectivity index (χ4v) is 2.25. The minimum Gasteiger partial charge on any atom is -0.307 e. The van der Waals surface area contributed by atoms with Gasteiger partial charge in [0.2, 0.25) is 0 Å². The number of hydrogen-bond donors (Lipinski definition) is 1. The summed E-state index contributed by atoms with van der Waals surface area (Å²) in [5.41, 5.74) is 0. The molecule has 0 aromatic rings. The zero-order valence-corrected chi connectivity index (χ0v) is 8.22. The SMILES string of the molecule is O=C(C1CCC1)C1CCCCCN1. The molecule has 2 fully saturated rings. The third-order valence-electron chi connectivity index (χ3n) is 3.41. The largest absolute Gasteiger partial charge is 0.307 e. The van der Waals surface area contributed by atoms with E-state index in [9.17, 15) is 4.79 Å². The van der Waals surface area contributed by atoms with Crippen LogP contribution in [0.4, 0.5) is 0 Å². The van der Waals surface area contributed by atoms with Gasteiger partial charge < -0.3 is 5.32 Å². The molecular weight excluding hydrogens is 162 g/mol. The first-order valence-corrected chi connectivity index (χ1v) is 5.65. The summed E-state index contributed by atoms with van der Waals surface area (Å²) in [5.74, 6) is 0.920. The highest BCUT2D eigenvalue weighted by molar-refractivity contribution is 5.86. The second-order valence-corrected chi connectivity index (χ2v) is 4.39. The van der Waals surface area contributed by atoms with E-state index in [2.05, 4.69) is 5.32 Å². The van der Waals surface area contributed by atoms with Crippen LogP contribution < -0.4 is 5.32 Å². The molecular formula is C11H19NO. The minimum absolute atomic E-state index is 0.202. The summed E-state index contributed by atoms with van der Waals surface area (Å²) >= 11 is 0. The molecule has 0 aromatic heterocycles. The van der Waals surface area contributed by atoms with Crippen molar-refractivity contribution in [1.82, 2.24) is 5.32 Å². The second-order valence-electron chi connectivity index (χ2n) is 4.39. The van der Waals surface area contributed by atoms with Crippen LogP contribution >= 0.6 is 0 Å². The van der Waals surface area contributed by atoms with E-state index in [0.29, 0.717) is 11.7 Å². The van der Waals surface area contributed by atoms with Gasteiger partial charge in [0, 0.05) is 5.92 Å². The Morgan fingerprint density at radius 3 is 2.54 bits per heavy atom. The fraction of sp³-hybridized carbons (Fsp3) is 0.909. The van der Waals surface area contributed by atoms with Crippen LogP contribution in [0.25, 0.3) is 0 Å². The molecule has 1 unspecified atom stereocenters. The van der Waals surface area contributed by atoms with Gasteiger partial charge in [-0.1, -0.05) is 19.3 Å². The van der Waals surface area contributed by atoms with Crippen LogP contribution in [0.3, 0.4) is 0 Å². The van der Waals surface area contributed by atoms with E-state index in [0.717, 1.165) is 25.8 Å². The molecule has 2 aliphatic rings. The molecule has 2 rings (SSSR count). The van der Waals surface area contributed by atoms with Crippen molar-refractivity contribution in [3.63, 3.8) is 0 Å². The lowest BCUT2D eigenvalue weighted by molar-refractivity contribution is -0.127. The number of Topliss-reactive ketones (excluding diaryl/α,β-unsaturated/α-hetero) is 1. The predicted molar refractivity (Wildman–Crippen MR) is 52.6 cm³/mol. The summed E-state index contributed by atoms with van der Waals surface area (Å²) in [7, 11) is 0. The van der Waals surface area contributed by atoms with Gasteiger partial charge in [0.05, 0.1) is 6.04 Å². The molecule has 2 heteroatoms. The third kappa shape index (κ3) is 2.11. The molecule has 74 valence electrons. The number of carbonyl (C=O) groups excluding carboxylic acids is 1. The van der Waals surface area contributed by atoms with Gasteiger partial charge in [-0.2, -0.15) is 0 Å². The molecule has 1 atom stereocenters. The van der Waals surface area contributed by atoms with Crippen molar-refractivity contribution < 1.29 is 4.79 Å². The smallest absolute Gasteiger partial charge is 0.152 e. The Morgan fingerprint density at radius 1 is 1.00 bits per heavy atom. The summed E-state index contributed by atoms with van der Waals surface area (Å²) < 4.78 is 0. The lowest BCUT2D eigenvalue weighted by atomic mass is 9.79. The van der Waals surface area contributed by atoms with Gasteiger partial charge in [-0.3, -0.25) is 4.79 Å². The molecule has 0 bridgehead atoms. The highest BCUT2D eigenvalue weighted by Gasteiger charge is 2.30. The molecule has 2 nitrogen and oxygen atoms in total. The first-order valence-electron chi connectivity index (χ1n) is 5.65. The average molecular weight is 181 g/mol. The van der Waals surface area contributed by atoms with Crippen molar-refractivity contribution in [3.05, 3.63) is 0 Å². The summed E-state index contributed by atoms with van der Waals surface area (Å²) in [6, 6.07) is 0.202. The van der Waals surface area contributed by atoms with E-state index in [1.165, 1.54) is 25.7 Å².